The fourth-order valence-electron chi connectivity index (χ4n) is 3.09. The lowest BCUT2D eigenvalue weighted by molar-refractivity contribution is -0.385. The second-order valence-corrected chi connectivity index (χ2v) is 8.66. The molecule has 0 aliphatic rings. The first-order valence-electron chi connectivity index (χ1n) is 9.23. The lowest BCUT2D eigenvalue weighted by Gasteiger charge is -2.25. The Kier molecular flexibility index (Phi) is 7.38. The van der Waals surface area contributed by atoms with E-state index in [1.807, 2.05) is 19.1 Å². The van der Waals surface area contributed by atoms with E-state index in [4.69, 9.17) is 4.74 Å². The van der Waals surface area contributed by atoms with Gasteiger partial charge in [0.05, 0.1) is 35.6 Å². The second kappa shape index (κ2) is 9.57. The van der Waals surface area contributed by atoms with Crippen LogP contribution in [0.15, 0.2) is 42.5 Å². The largest absolute Gasteiger partial charge is 0.497 e. The lowest BCUT2D eigenvalue weighted by atomic mass is 10.0. The van der Waals surface area contributed by atoms with Gasteiger partial charge in [-0.1, -0.05) is 25.1 Å². The summed E-state index contributed by atoms with van der Waals surface area (Å²) in [5.41, 5.74) is 0.901. The fraction of sp³-hybridized carbons (Fsp3) is 0.350. The van der Waals surface area contributed by atoms with E-state index in [-0.39, 0.29) is 23.0 Å². The molecule has 1 N–H and O–H groups in total. The molecule has 0 radical (unpaired) electrons. The van der Waals surface area contributed by atoms with Gasteiger partial charge in [-0.2, -0.15) is 0 Å². The third kappa shape index (κ3) is 5.47. The molecule has 1 atom stereocenters. The molecule has 30 heavy (non-hydrogen) atoms. The maximum absolute atomic E-state index is 12.7. The van der Waals surface area contributed by atoms with E-state index < -0.39 is 27.4 Å². The number of carbonyl (C=O) groups is 1. The van der Waals surface area contributed by atoms with Crippen LogP contribution in [0.3, 0.4) is 0 Å². The van der Waals surface area contributed by atoms with Gasteiger partial charge >= 0.3 is 0 Å². The highest BCUT2D eigenvalue weighted by Crippen LogP contribution is 2.29. The Morgan fingerprint density at radius 3 is 2.37 bits per heavy atom. The first-order chi connectivity index (χ1) is 14.1. The molecular weight excluding hydrogens is 410 g/mol. The van der Waals surface area contributed by atoms with Crippen molar-refractivity contribution in [1.82, 2.24) is 5.32 Å². The molecule has 2 aromatic carbocycles. The monoisotopic (exact) mass is 435 g/mol. The molecule has 2 aromatic rings. The Morgan fingerprint density at radius 1 is 1.23 bits per heavy atom. The summed E-state index contributed by atoms with van der Waals surface area (Å²) in [6.45, 7) is 2.86. The first-order valence-corrected chi connectivity index (χ1v) is 11.1. The van der Waals surface area contributed by atoms with E-state index in [0.29, 0.717) is 12.2 Å². The van der Waals surface area contributed by atoms with Gasteiger partial charge in [0.15, 0.2) is 0 Å². The van der Waals surface area contributed by atoms with Gasteiger partial charge in [0.25, 0.3) is 5.69 Å². The first kappa shape index (κ1) is 23.1. The zero-order chi connectivity index (χ0) is 22.5. The summed E-state index contributed by atoms with van der Waals surface area (Å²) >= 11 is 0. The Bertz CT molecular complexity index is 1020. The summed E-state index contributed by atoms with van der Waals surface area (Å²) in [6, 6.07) is 11.0. The molecule has 162 valence electrons. The molecule has 0 aromatic heterocycles. The topological polar surface area (TPSA) is 119 Å². The molecule has 10 heteroatoms. The van der Waals surface area contributed by atoms with Crippen molar-refractivity contribution in [3.05, 3.63) is 63.7 Å². The van der Waals surface area contributed by atoms with Gasteiger partial charge in [0.2, 0.25) is 15.9 Å². The minimum Gasteiger partial charge on any atom is -0.497 e. The van der Waals surface area contributed by atoms with Crippen molar-refractivity contribution in [1.29, 1.82) is 0 Å². The molecule has 0 saturated carbocycles. The number of nitro groups is 1. The van der Waals surface area contributed by atoms with Gasteiger partial charge < -0.3 is 10.1 Å². The molecule has 2 rings (SSSR count). The molecule has 0 unspecified atom stereocenters. The number of nitrogens with zero attached hydrogens (tertiary/aromatic N) is 2. The molecule has 0 saturated heterocycles. The van der Waals surface area contributed by atoms with E-state index >= 15 is 0 Å². The Hall–Kier alpha value is -3.14. The zero-order valence-corrected chi connectivity index (χ0v) is 18.1. The number of hydrogen-bond acceptors (Lipinski definition) is 6. The number of hydrogen-bond donors (Lipinski definition) is 1. The average Bonchev–Trinajstić information content (AvgIpc) is 2.70. The summed E-state index contributed by atoms with van der Waals surface area (Å²) < 4.78 is 30.7. The molecule has 0 aliphatic carbocycles. The molecule has 0 heterocycles. The van der Waals surface area contributed by atoms with Crippen molar-refractivity contribution in [3.8, 4) is 5.75 Å². The Morgan fingerprint density at radius 2 is 1.87 bits per heavy atom. The highest BCUT2D eigenvalue weighted by atomic mass is 32.2. The van der Waals surface area contributed by atoms with Crippen LogP contribution in [0.25, 0.3) is 0 Å². The highest BCUT2D eigenvalue weighted by Gasteiger charge is 2.26. The second-order valence-electron chi connectivity index (χ2n) is 6.75. The summed E-state index contributed by atoms with van der Waals surface area (Å²) in [7, 11) is -2.30. The summed E-state index contributed by atoms with van der Waals surface area (Å²) in [6.07, 6.45) is 1.55. The van der Waals surface area contributed by atoms with E-state index in [2.05, 4.69) is 5.32 Å². The van der Waals surface area contributed by atoms with E-state index in [1.54, 1.807) is 19.2 Å². The van der Waals surface area contributed by atoms with Crippen molar-refractivity contribution in [2.24, 2.45) is 0 Å². The molecule has 0 fully saturated rings. The number of methoxy groups -OCH3 is 1. The summed E-state index contributed by atoms with van der Waals surface area (Å²) in [4.78, 5) is 23.3. The van der Waals surface area contributed by atoms with Crippen LogP contribution in [0.1, 0.15) is 30.5 Å². The fourth-order valence-corrected chi connectivity index (χ4v) is 4.00. The maximum Gasteiger partial charge on any atom is 0.274 e. The number of anilines is 1. The molecular formula is C20H25N3O6S. The van der Waals surface area contributed by atoms with Crippen molar-refractivity contribution in [3.63, 3.8) is 0 Å². The van der Waals surface area contributed by atoms with E-state index in [9.17, 15) is 23.3 Å². The van der Waals surface area contributed by atoms with Gasteiger partial charge in [0.1, 0.15) is 12.3 Å². The zero-order valence-electron chi connectivity index (χ0n) is 17.3. The Balaban J connectivity index is 2.28. The van der Waals surface area contributed by atoms with Crippen LogP contribution < -0.4 is 14.4 Å². The Labute approximate surface area is 175 Å². The molecule has 0 aliphatic heterocycles. The van der Waals surface area contributed by atoms with Gasteiger partial charge in [-0.15, -0.1) is 0 Å². The number of sulfonamides is 1. The molecule has 0 bridgehead atoms. The van der Waals surface area contributed by atoms with E-state index in [0.717, 1.165) is 16.1 Å². The summed E-state index contributed by atoms with van der Waals surface area (Å²) in [5, 5.41) is 14.0. The third-order valence-electron chi connectivity index (χ3n) is 4.69. The van der Waals surface area contributed by atoms with Crippen LogP contribution in [0, 0.1) is 17.0 Å². The van der Waals surface area contributed by atoms with Crippen molar-refractivity contribution in [2.45, 2.75) is 26.3 Å². The van der Waals surface area contributed by atoms with E-state index in [1.165, 1.54) is 25.1 Å². The number of nitrogens with one attached hydrogen (secondary N) is 1. The van der Waals surface area contributed by atoms with Crippen LogP contribution in [-0.4, -0.2) is 39.2 Å². The predicted octanol–water partition coefficient (Wildman–Crippen LogP) is 2.95. The molecule has 0 spiro atoms. The van der Waals surface area contributed by atoms with Crippen LogP contribution in [0.5, 0.6) is 5.75 Å². The predicted molar refractivity (Wildman–Crippen MR) is 114 cm³/mol. The van der Waals surface area contributed by atoms with Crippen molar-refractivity contribution < 1.29 is 22.9 Å². The molecule has 9 nitrogen and oxygen atoms in total. The minimum atomic E-state index is -3.86. The lowest BCUT2D eigenvalue weighted by Crippen LogP contribution is -2.41. The molecule has 1 amide bonds. The quantitative estimate of drug-likeness (QED) is 0.478. The average molecular weight is 436 g/mol. The number of carbonyl (C=O) groups excluding carboxylic acids is 1. The SMILES string of the molecule is CC[C@@H](NC(=O)CN(c1cccc([N+](=O)[O-])c1C)S(C)(=O)=O)c1ccc(OC)cc1. The number of amides is 1. The van der Waals surface area contributed by atoms with Crippen molar-refractivity contribution >= 4 is 27.3 Å². The normalized spacial score (nSPS) is 12.1. The summed E-state index contributed by atoms with van der Waals surface area (Å²) in [5.74, 6) is 0.165. The third-order valence-corrected chi connectivity index (χ3v) is 5.82. The maximum atomic E-state index is 12.7. The standard InChI is InChI=1S/C20H25N3O6S/c1-5-17(15-9-11-16(29-3)12-10-15)21-20(24)13-22(30(4,27)28)18-7-6-8-19(14(18)2)23(25)26/h6-12,17H,5,13H2,1-4H3,(H,21,24)/t17-/m1/s1. The number of ether oxygens (including phenoxy) is 1. The van der Waals surface area contributed by atoms with Crippen LogP contribution in [0.4, 0.5) is 11.4 Å². The van der Waals surface area contributed by atoms with Gasteiger partial charge in [-0.3, -0.25) is 19.2 Å². The number of rotatable bonds is 9. The number of nitro benzene ring substituents is 1. The van der Waals surface area contributed by atoms with Crippen LogP contribution >= 0.6 is 0 Å². The van der Waals surface area contributed by atoms with Gasteiger partial charge in [-0.25, -0.2) is 8.42 Å². The van der Waals surface area contributed by atoms with Gasteiger partial charge in [0, 0.05) is 6.07 Å². The minimum absolute atomic E-state index is 0.0966. The smallest absolute Gasteiger partial charge is 0.274 e. The van der Waals surface area contributed by atoms with Gasteiger partial charge in [-0.05, 0) is 37.1 Å². The number of benzene rings is 2. The highest BCUT2D eigenvalue weighted by molar-refractivity contribution is 7.92. The van der Waals surface area contributed by atoms with Crippen LogP contribution in [0.2, 0.25) is 0 Å². The van der Waals surface area contributed by atoms with Crippen LogP contribution in [-0.2, 0) is 14.8 Å². The van der Waals surface area contributed by atoms with Crippen molar-refractivity contribution in [2.75, 3.05) is 24.2 Å².